The van der Waals surface area contributed by atoms with Gasteiger partial charge in [-0.05, 0) is 45.7 Å². The first-order valence-corrected chi connectivity index (χ1v) is 6.56. The molecule has 1 aliphatic heterocycles. The fourth-order valence-electron chi connectivity index (χ4n) is 2.69. The van der Waals surface area contributed by atoms with Gasteiger partial charge in [-0.25, -0.2) is 0 Å². The van der Waals surface area contributed by atoms with Crippen LogP contribution in [0.3, 0.4) is 0 Å². The second-order valence-corrected chi connectivity index (χ2v) is 5.81. The van der Waals surface area contributed by atoms with E-state index >= 15 is 0 Å². The zero-order chi connectivity index (χ0) is 12.5. The molecule has 2 rings (SSSR count). The van der Waals surface area contributed by atoms with Crippen LogP contribution in [0.5, 0.6) is 0 Å². The molecule has 1 heterocycles. The topological polar surface area (TPSA) is 29.3 Å². The highest BCUT2D eigenvalue weighted by molar-refractivity contribution is 5.22. The van der Waals surface area contributed by atoms with Gasteiger partial charge in [0.25, 0.3) is 0 Å². The Labute approximate surface area is 105 Å². The number of likely N-dealkylation sites (tertiary alicyclic amines) is 1. The Morgan fingerprint density at radius 1 is 1.41 bits per heavy atom. The molecule has 0 aromatic heterocycles. The van der Waals surface area contributed by atoms with Crippen molar-refractivity contribution in [1.29, 1.82) is 0 Å². The van der Waals surface area contributed by atoms with Crippen LogP contribution in [0.4, 0.5) is 0 Å². The number of rotatable bonds is 2. The number of aryl methyl sites for hydroxylation is 1. The lowest BCUT2D eigenvalue weighted by atomic mass is 9.85. The molecule has 0 spiro atoms. The molecule has 0 amide bonds. The number of nitrogens with two attached hydrogens (primary N) is 1. The first kappa shape index (κ1) is 12.6. The summed E-state index contributed by atoms with van der Waals surface area (Å²) in [4.78, 5) is 2.52. The van der Waals surface area contributed by atoms with Gasteiger partial charge in [0.1, 0.15) is 0 Å². The third-order valence-corrected chi connectivity index (χ3v) is 4.12. The van der Waals surface area contributed by atoms with E-state index in [1.807, 2.05) is 0 Å². The van der Waals surface area contributed by atoms with Crippen LogP contribution in [0.25, 0.3) is 0 Å². The minimum atomic E-state index is 0.113. The summed E-state index contributed by atoms with van der Waals surface area (Å²) in [7, 11) is 0. The van der Waals surface area contributed by atoms with E-state index in [9.17, 15) is 0 Å². The fraction of sp³-hybridized carbons (Fsp3) is 0.600. The van der Waals surface area contributed by atoms with Crippen LogP contribution in [-0.4, -0.2) is 23.0 Å². The van der Waals surface area contributed by atoms with Gasteiger partial charge in [-0.2, -0.15) is 0 Å². The van der Waals surface area contributed by atoms with Crippen molar-refractivity contribution < 1.29 is 0 Å². The van der Waals surface area contributed by atoms with Gasteiger partial charge in [-0.3, -0.25) is 4.90 Å². The summed E-state index contributed by atoms with van der Waals surface area (Å²) in [5, 5.41) is 0. The number of hydrogen-bond acceptors (Lipinski definition) is 2. The fourth-order valence-corrected chi connectivity index (χ4v) is 2.69. The van der Waals surface area contributed by atoms with Crippen LogP contribution in [0.15, 0.2) is 24.3 Å². The molecule has 1 saturated heterocycles. The Morgan fingerprint density at radius 3 is 2.88 bits per heavy atom. The average Bonchev–Trinajstić information content (AvgIpc) is 2.25. The molecule has 2 heteroatoms. The Kier molecular flexibility index (Phi) is 3.55. The maximum Gasteiger partial charge on any atom is 0.0307 e. The van der Waals surface area contributed by atoms with E-state index in [0.29, 0.717) is 6.04 Å². The Morgan fingerprint density at radius 2 is 2.18 bits per heavy atom. The van der Waals surface area contributed by atoms with Crippen molar-refractivity contribution in [3.63, 3.8) is 0 Å². The summed E-state index contributed by atoms with van der Waals surface area (Å²) >= 11 is 0. The minimum Gasteiger partial charge on any atom is -0.326 e. The van der Waals surface area contributed by atoms with E-state index in [0.717, 1.165) is 19.5 Å². The highest BCUT2D eigenvalue weighted by atomic mass is 15.2. The zero-order valence-electron chi connectivity index (χ0n) is 11.2. The van der Waals surface area contributed by atoms with Gasteiger partial charge in [0.2, 0.25) is 0 Å². The number of benzene rings is 1. The molecule has 2 N–H and O–H groups in total. The molecule has 2 nitrogen and oxygen atoms in total. The van der Waals surface area contributed by atoms with Gasteiger partial charge >= 0.3 is 0 Å². The minimum absolute atomic E-state index is 0.113. The summed E-state index contributed by atoms with van der Waals surface area (Å²) in [5.41, 5.74) is 9.09. The van der Waals surface area contributed by atoms with Gasteiger partial charge in [0, 0.05) is 18.1 Å². The van der Waals surface area contributed by atoms with Crippen LogP contribution < -0.4 is 5.73 Å². The smallest absolute Gasteiger partial charge is 0.0307 e. The van der Waals surface area contributed by atoms with E-state index in [1.54, 1.807) is 0 Å². The number of hydrogen-bond donors (Lipinski definition) is 1. The first-order chi connectivity index (χ1) is 8.00. The molecular weight excluding hydrogens is 208 g/mol. The summed E-state index contributed by atoms with van der Waals surface area (Å²) < 4.78 is 0. The quantitative estimate of drug-likeness (QED) is 0.849. The summed E-state index contributed by atoms with van der Waals surface area (Å²) in [6.45, 7) is 8.87. The van der Waals surface area contributed by atoms with Crippen molar-refractivity contribution in [1.82, 2.24) is 4.90 Å². The Hall–Kier alpha value is -0.860. The summed E-state index contributed by atoms with van der Waals surface area (Å²) in [6.07, 6.45) is 2.37. The number of nitrogens with zero attached hydrogens (tertiary/aromatic N) is 1. The van der Waals surface area contributed by atoms with Crippen molar-refractivity contribution >= 4 is 0 Å². The van der Waals surface area contributed by atoms with Gasteiger partial charge in [-0.1, -0.05) is 29.8 Å². The van der Waals surface area contributed by atoms with Crippen molar-refractivity contribution in [2.75, 3.05) is 6.54 Å². The van der Waals surface area contributed by atoms with Crippen LogP contribution in [0.1, 0.15) is 37.8 Å². The lowest BCUT2D eigenvalue weighted by molar-refractivity contribution is 0.0501. The summed E-state index contributed by atoms with van der Waals surface area (Å²) in [5.74, 6) is 0. The summed E-state index contributed by atoms with van der Waals surface area (Å²) in [6, 6.07) is 9.07. The second kappa shape index (κ2) is 4.79. The third kappa shape index (κ3) is 2.70. The standard InChI is InChI=1S/C15H24N2/c1-12-6-4-7-13(10-12)11-17-9-5-8-14(16)15(17,2)3/h4,6-7,10,14H,5,8-9,11,16H2,1-3H3. The monoisotopic (exact) mass is 232 g/mol. The lowest BCUT2D eigenvalue weighted by Crippen LogP contribution is -2.59. The van der Waals surface area contributed by atoms with Crippen molar-refractivity contribution in [3.8, 4) is 0 Å². The SMILES string of the molecule is Cc1cccc(CN2CCCC(N)C2(C)C)c1. The largest absolute Gasteiger partial charge is 0.326 e. The van der Waals surface area contributed by atoms with E-state index in [-0.39, 0.29) is 5.54 Å². The molecule has 1 fully saturated rings. The maximum atomic E-state index is 6.24. The lowest BCUT2D eigenvalue weighted by Gasteiger charge is -2.46. The van der Waals surface area contributed by atoms with E-state index in [1.165, 1.54) is 17.5 Å². The van der Waals surface area contributed by atoms with Crippen molar-refractivity contribution in [2.45, 2.75) is 51.7 Å². The predicted molar refractivity (Wildman–Crippen MR) is 72.9 cm³/mol. The first-order valence-electron chi connectivity index (χ1n) is 6.56. The molecule has 1 aliphatic rings. The van der Waals surface area contributed by atoms with Crippen LogP contribution in [0.2, 0.25) is 0 Å². The molecule has 1 aromatic carbocycles. The molecule has 0 aliphatic carbocycles. The Balaban J connectivity index is 2.12. The molecule has 0 radical (unpaired) electrons. The Bertz CT molecular complexity index is 384. The second-order valence-electron chi connectivity index (χ2n) is 5.81. The molecule has 0 saturated carbocycles. The third-order valence-electron chi connectivity index (χ3n) is 4.12. The van der Waals surface area contributed by atoms with Crippen molar-refractivity contribution in [2.24, 2.45) is 5.73 Å². The number of piperidine rings is 1. The molecule has 94 valence electrons. The molecule has 0 bridgehead atoms. The van der Waals surface area contributed by atoms with Crippen LogP contribution in [-0.2, 0) is 6.54 Å². The van der Waals surface area contributed by atoms with E-state index in [4.69, 9.17) is 5.73 Å². The van der Waals surface area contributed by atoms with Crippen LogP contribution >= 0.6 is 0 Å². The van der Waals surface area contributed by atoms with Gasteiger partial charge in [0.15, 0.2) is 0 Å². The zero-order valence-corrected chi connectivity index (χ0v) is 11.2. The van der Waals surface area contributed by atoms with Gasteiger partial charge in [-0.15, -0.1) is 0 Å². The predicted octanol–water partition coefficient (Wildman–Crippen LogP) is 2.70. The molecule has 1 unspecified atom stereocenters. The maximum absolute atomic E-state index is 6.24. The van der Waals surface area contributed by atoms with Crippen molar-refractivity contribution in [3.05, 3.63) is 35.4 Å². The van der Waals surface area contributed by atoms with E-state index in [2.05, 4.69) is 49.9 Å². The average molecular weight is 232 g/mol. The van der Waals surface area contributed by atoms with Gasteiger partial charge < -0.3 is 5.73 Å². The molecule has 1 aromatic rings. The normalized spacial score (nSPS) is 24.8. The molecule has 17 heavy (non-hydrogen) atoms. The highest BCUT2D eigenvalue weighted by Crippen LogP contribution is 2.28. The van der Waals surface area contributed by atoms with Gasteiger partial charge in [0.05, 0.1) is 0 Å². The molecule has 1 atom stereocenters. The molecular formula is C15H24N2. The highest BCUT2D eigenvalue weighted by Gasteiger charge is 2.35. The van der Waals surface area contributed by atoms with E-state index < -0.39 is 0 Å². The van der Waals surface area contributed by atoms with Crippen LogP contribution in [0, 0.1) is 6.92 Å².